The zero-order valence-electron chi connectivity index (χ0n) is 5.27. The molecule has 0 fully saturated rings. The molecule has 0 spiro atoms. The van der Waals surface area contributed by atoms with Crippen molar-refractivity contribution < 1.29 is 13.0 Å². The lowest BCUT2D eigenvalue weighted by molar-refractivity contribution is 0.175. The van der Waals surface area contributed by atoms with E-state index >= 15 is 0 Å². The van der Waals surface area contributed by atoms with Crippen molar-refractivity contribution in [3.05, 3.63) is 0 Å². The summed E-state index contributed by atoms with van der Waals surface area (Å²) in [5, 5.41) is 0. The Morgan fingerprint density at radius 3 is 2.44 bits per heavy atom. The highest BCUT2D eigenvalue weighted by atomic mass is 32.2. The summed E-state index contributed by atoms with van der Waals surface area (Å²) in [7, 11) is -1.30. The molecular formula is C5H10F2OS. The van der Waals surface area contributed by atoms with Gasteiger partial charge in [0.15, 0.2) is 0 Å². The molecule has 0 radical (unpaired) electrons. The Balaban J connectivity index is 3.27. The summed E-state index contributed by atoms with van der Waals surface area (Å²) in [6, 6.07) is 0. The van der Waals surface area contributed by atoms with Crippen LogP contribution in [0.5, 0.6) is 0 Å². The van der Waals surface area contributed by atoms with Crippen molar-refractivity contribution in [2.75, 3.05) is 11.5 Å². The highest BCUT2D eigenvalue weighted by molar-refractivity contribution is 7.85. The number of alkyl halides is 2. The molecule has 0 saturated carbocycles. The van der Waals surface area contributed by atoms with Crippen LogP contribution in [0.2, 0.25) is 0 Å². The minimum absolute atomic E-state index is 0.393. The monoisotopic (exact) mass is 156 g/mol. The van der Waals surface area contributed by atoms with Crippen molar-refractivity contribution in [1.82, 2.24) is 0 Å². The summed E-state index contributed by atoms with van der Waals surface area (Å²) in [4.78, 5) is 0. The van der Waals surface area contributed by atoms with Crippen LogP contribution in [0, 0.1) is 0 Å². The average Bonchev–Trinajstić information content (AvgIpc) is 1.63. The standard InChI is InChI=1S/C5H10F2OS/c1-2-3-9(8)4-5(6)7/h5H,2-4H2,1H3. The van der Waals surface area contributed by atoms with Crippen LogP contribution in [-0.4, -0.2) is 22.1 Å². The first-order valence-electron chi connectivity index (χ1n) is 2.80. The molecule has 0 aromatic rings. The Morgan fingerprint density at radius 2 is 2.11 bits per heavy atom. The first-order chi connectivity index (χ1) is 4.16. The minimum Gasteiger partial charge on any atom is -0.259 e. The fourth-order valence-electron chi connectivity index (χ4n) is 0.452. The number of hydrogen-bond donors (Lipinski definition) is 0. The highest BCUT2D eigenvalue weighted by Crippen LogP contribution is 1.96. The second kappa shape index (κ2) is 4.85. The van der Waals surface area contributed by atoms with Crippen molar-refractivity contribution in [3.63, 3.8) is 0 Å². The van der Waals surface area contributed by atoms with E-state index in [4.69, 9.17) is 0 Å². The molecule has 0 aliphatic carbocycles. The molecule has 0 saturated heterocycles. The number of hydrogen-bond acceptors (Lipinski definition) is 1. The zero-order valence-corrected chi connectivity index (χ0v) is 6.09. The minimum atomic E-state index is -2.42. The topological polar surface area (TPSA) is 17.1 Å². The summed E-state index contributed by atoms with van der Waals surface area (Å²) < 4.78 is 33.3. The van der Waals surface area contributed by atoms with Crippen LogP contribution < -0.4 is 0 Å². The lowest BCUT2D eigenvalue weighted by Crippen LogP contribution is -2.09. The Bertz CT molecular complexity index is 95.0. The quantitative estimate of drug-likeness (QED) is 0.601. The third kappa shape index (κ3) is 5.89. The molecule has 0 aliphatic rings. The van der Waals surface area contributed by atoms with E-state index in [1.165, 1.54) is 0 Å². The van der Waals surface area contributed by atoms with Crippen molar-refractivity contribution in [2.45, 2.75) is 19.8 Å². The molecule has 0 amide bonds. The van der Waals surface area contributed by atoms with Crippen LogP contribution in [0.15, 0.2) is 0 Å². The molecule has 1 atom stereocenters. The summed E-state index contributed by atoms with van der Waals surface area (Å²) in [6.45, 7) is 1.82. The molecule has 0 heterocycles. The summed E-state index contributed by atoms with van der Waals surface area (Å²) >= 11 is 0. The molecular weight excluding hydrogens is 146 g/mol. The first-order valence-corrected chi connectivity index (χ1v) is 4.28. The van der Waals surface area contributed by atoms with Gasteiger partial charge in [0.1, 0.15) is 0 Å². The van der Waals surface area contributed by atoms with Gasteiger partial charge in [0.05, 0.1) is 5.75 Å². The Labute approximate surface area is 55.9 Å². The Morgan fingerprint density at radius 1 is 1.56 bits per heavy atom. The Kier molecular flexibility index (Phi) is 4.85. The van der Waals surface area contributed by atoms with Crippen LogP contribution in [0.25, 0.3) is 0 Å². The van der Waals surface area contributed by atoms with Crippen LogP contribution in [0.1, 0.15) is 13.3 Å². The van der Waals surface area contributed by atoms with Gasteiger partial charge in [0.2, 0.25) is 6.43 Å². The molecule has 0 N–H and O–H groups in total. The summed E-state index contributed by atoms with van der Waals surface area (Å²) in [6.07, 6.45) is -1.71. The Hall–Kier alpha value is 0.01000. The van der Waals surface area contributed by atoms with Crippen LogP contribution in [0.3, 0.4) is 0 Å². The lowest BCUT2D eigenvalue weighted by Gasteiger charge is -1.96. The van der Waals surface area contributed by atoms with E-state index in [0.29, 0.717) is 12.2 Å². The van der Waals surface area contributed by atoms with Crippen molar-refractivity contribution in [3.8, 4) is 0 Å². The summed E-state index contributed by atoms with van der Waals surface area (Å²) in [5.41, 5.74) is 0. The van der Waals surface area contributed by atoms with Crippen molar-refractivity contribution in [2.24, 2.45) is 0 Å². The van der Waals surface area contributed by atoms with E-state index in [2.05, 4.69) is 0 Å². The van der Waals surface area contributed by atoms with Crippen molar-refractivity contribution in [1.29, 1.82) is 0 Å². The van der Waals surface area contributed by atoms with E-state index in [1.807, 2.05) is 6.92 Å². The molecule has 56 valence electrons. The smallest absolute Gasteiger partial charge is 0.250 e. The van der Waals surface area contributed by atoms with Gasteiger partial charge in [0, 0.05) is 16.6 Å². The van der Waals surface area contributed by atoms with Gasteiger partial charge in [-0.2, -0.15) is 0 Å². The highest BCUT2D eigenvalue weighted by Gasteiger charge is 2.06. The normalized spacial score (nSPS) is 14.2. The third-order valence-corrected chi connectivity index (χ3v) is 2.23. The third-order valence-electron chi connectivity index (χ3n) is 0.744. The average molecular weight is 156 g/mol. The van der Waals surface area contributed by atoms with Gasteiger partial charge in [0.25, 0.3) is 0 Å². The number of rotatable bonds is 4. The second-order valence-corrected chi connectivity index (χ2v) is 3.32. The van der Waals surface area contributed by atoms with E-state index in [-0.39, 0.29) is 0 Å². The lowest BCUT2D eigenvalue weighted by atomic mass is 10.6. The van der Waals surface area contributed by atoms with E-state index < -0.39 is 23.0 Å². The largest absolute Gasteiger partial charge is 0.259 e. The molecule has 1 unspecified atom stereocenters. The predicted molar refractivity (Wildman–Crippen MR) is 34.2 cm³/mol. The van der Waals surface area contributed by atoms with Crippen LogP contribution >= 0.6 is 0 Å². The first kappa shape index (κ1) is 9.01. The second-order valence-electron chi connectivity index (χ2n) is 1.70. The molecule has 0 rings (SSSR count). The van der Waals surface area contributed by atoms with Crippen LogP contribution in [-0.2, 0) is 10.8 Å². The summed E-state index contributed by atoms with van der Waals surface area (Å²) in [5.74, 6) is -0.0713. The molecule has 4 heteroatoms. The van der Waals surface area contributed by atoms with Gasteiger partial charge in [-0.25, -0.2) is 8.78 Å². The van der Waals surface area contributed by atoms with E-state index in [9.17, 15) is 13.0 Å². The number of halogens is 2. The van der Waals surface area contributed by atoms with E-state index in [0.717, 1.165) is 0 Å². The maximum Gasteiger partial charge on any atom is 0.250 e. The van der Waals surface area contributed by atoms with Gasteiger partial charge in [-0.05, 0) is 6.42 Å². The molecule has 0 aliphatic heterocycles. The molecule has 9 heavy (non-hydrogen) atoms. The van der Waals surface area contributed by atoms with E-state index in [1.54, 1.807) is 0 Å². The molecule has 0 aromatic heterocycles. The zero-order chi connectivity index (χ0) is 7.28. The predicted octanol–water partition coefficient (Wildman–Crippen LogP) is 1.41. The fourth-order valence-corrected chi connectivity index (χ4v) is 1.35. The van der Waals surface area contributed by atoms with Gasteiger partial charge in [-0.3, -0.25) is 4.21 Å². The molecule has 0 aromatic carbocycles. The van der Waals surface area contributed by atoms with Gasteiger partial charge in [-0.15, -0.1) is 0 Å². The molecule has 0 bridgehead atoms. The molecule has 1 nitrogen and oxygen atoms in total. The van der Waals surface area contributed by atoms with Crippen molar-refractivity contribution >= 4 is 10.8 Å². The maximum atomic E-state index is 11.4. The SMILES string of the molecule is CCCS(=O)CC(F)F. The van der Waals surface area contributed by atoms with Gasteiger partial charge < -0.3 is 0 Å². The van der Waals surface area contributed by atoms with Gasteiger partial charge in [-0.1, -0.05) is 6.92 Å². The fraction of sp³-hybridized carbons (Fsp3) is 1.00. The van der Waals surface area contributed by atoms with Gasteiger partial charge >= 0.3 is 0 Å². The van der Waals surface area contributed by atoms with Crippen LogP contribution in [0.4, 0.5) is 8.78 Å². The maximum absolute atomic E-state index is 11.4.